The van der Waals surface area contributed by atoms with Gasteiger partial charge in [-0.1, -0.05) is 82.3 Å². The van der Waals surface area contributed by atoms with Gasteiger partial charge >= 0.3 is 5.97 Å². The first kappa shape index (κ1) is 17.5. The van der Waals surface area contributed by atoms with E-state index in [4.69, 9.17) is 4.74 Å². The molecular formula is C21H28O2. The molecule has 0 bridgehead atoms. The molecule has 0 atom stereocenters. The highest BCUT2D eigenvalue weighted by atomic mass is 16.5. The Kier molecular flexibility index (Phi) is 7.12. The van der Waals surface area contributed by atoms with Crippen molar-refractivity contribution < 1.29 is 9.53 Å². The minimum atomic E-state index is -0.207. The van der Waals surface area contributed by atoms with Crippen molar-refractivity contribution in [1.29, 1.82) is 0 Å². The molecule has 0 aromatic heterocycles. The SMILES string of the molecule is CC(C)CCCCCCCOC(=O)c1cccc2ccccc12. The average molecular weight is 312 g/mol. The quantitative estimate of drug-likeness (QED) is 0.419. The van der Waals surface area contributed by atoms with Crippen LogP contribution in [0.2, 0.25) is 0 Å². The third-order valence-electron chi connectivity index (χ3n) is 4.17. The van der Waals surface area contributed by atoms with E-state index in [2.05, 4.69) is 13.8 Å². The van der Waals surface area contributed by atoms with Crippen LogP contribution in [0.3, 0.4) is 0 Å². The van der Waals surface area contributed by atoms with Gasteiger partial charge in [0.2, 0.25) is 0 Å². The summed E-state index contributed by atoms with van der Waals surface area (Å²) < 4.78 is 5.44. The Balaban J connectivity index is 1.71. The number of fused-ring (bicyclic) bond motifs is 1. The maximum Gasteiger partial charge on any atom is 0.338 e. The maximum atomic E-state index is 12.2. The predicted molar refractivity (Wildman–Crippen MR) is 96.8 cm³/mol. The second-order valence-corrected chi connectivity index (χ2v) is 6.61. The lowest BCUT2D eigenvalue weighted by Gasteiger charge is -2.08. The molecule has 2 aromatic carbocycles. The summed E-state index contributed by atoms with van der Waals surface area (Å²) in [7, 11) is 0. The molecule has 0 unspecified atom stereocenters. The van der Waals surface area contributed by atoms with Gasteiger partial charge in [-0.2, -0.15) is 0 Å². The maximum absolute atomic E-state index is 12.2. The van der Waals surface area contributed by atoms with Gasteiger partial charge < -0.3 is 4.74 Å². The van der Waals surface area contributed by atoms with Gasteiger partial charge in [0.05, 0.1) is 12.2 Å². The topological polar surface area (TPSA) is 26.3 Å². The number of benzene rings is 2. The van der Waals surface area contributed by atoms with Crippen LogP contribution in [0.4, 0.5) is 0 Å². The third kappa shape index (κ3) is 5.70. The standard InChI is InChI=1S/C21H28O2/c1-17(2)11-6-4-3-5-9-16-23-21(22)20-15-10-13-18-12-7-8-14-19(18)20/h7-8,10,12-15,17H,3-6,9,11,16H2,1-2H3. The monoisotopic (exact) mass is 312 g/mol. The van der Waals surface area contributed by atoms with E-state index in [1.165, 1.54) is 25.7 Å². The summed E-state index contributed by atoms with van der Waals surface area (Å²) in [6.45, 7) is 5.06. The summed E-state index contributed by atoms with van der Waals surface area (Å²) in [6, 6.07) is 13.7. The second kappa shape index (κ2) is 9.34. The number of rotatable bonds is 9. The van der Waals surface area contributed by atoms with Gasteiger partial charge in [0.15, 0.2) is 0 Å². The molecule has 0 fully saturated rings. The number of esters is 1. The zero-order valence-electron chi connectivity index (χ0n) is 14.4. The molecule has 23 heavy (non-hydrogen) atoms. The van der Waals surface area contributed by atoms with E-state index < -0.39 is 0 Å². The molecule has 0 saturated heterocycles. The van der Waals surface area contributed by atoms with E-state index >= 15 is 0 Å². The number of hydrogen-bond acceptors (Lipinski definition) is 2. The molecule has 0 saturated carbocycles. The number of ether oxygens (including phenoxy) is 1. The van der Waals surface area contributed by atoms with Crippen molar-refractivity contribution in [3.05, 3.63) is 48.0 Å². The molecule has 124 valence electrons. The molecule has 2 nitrogen and oxygen atoms in total. The summed E-state index contributed by atoms with van der Waals surface area (Å²) in [5.74, 6) is 0.596. The van der Waals surface area contributed by atoms with Crippen LogP contribution in [0.25, 0.3) is 10.8 Å². The van der Waals surface area contributed by atoms with E-state index in [1.54, 1.807) is 0 Å². The van der Waals surface area contributed by atoms with Gasteiger partial charge in [-0.25, -0.2) is 4.79 Å². The Hall–Kier alpha value is -1.83. The van der Waals surface area contributed by atoms with E-state index in [1.807, 2.05) is 42.5 Å². The van der Waals surface area contributed by atoms with Gasteiger partial charge in [0.25, 0.3) is 0 Å². The lowest BCUT2D eigenvalue weighted by Crippen LogP contribution is -2.07. The second-order valence-electron chi connectivity index (χ2n) is 6.61. The number of unbranched alkanes of at least 4 members (excludes halogenated alkanes) is 4. The van der Waals surface area contributed by atoms with Crippen LogP contribution in [0.5, 0.6) is 0 Å². The summed E-state index contributed by atoms with van der Waals surface area (Å²) in [6.07, 6.45) is 7.25. The van der Waals surface area contributed by atoms with E-state index in [-0.39, 0.29) is 5.97 Å². The zero-order valence-corrected chi connectivity index (χ0v) is 14.4. The number of hydrogen-bond donors (Lipinski definition) is 0. The highest BCUT2D eigenvalue weighted by molar-refractivity contribution is 6.04. The first-order chi connectivity index (χ1) is 11.2. The van der Waals surface area contributed by atoms with Crippen LogP contribution in [-0.2, 0) is 4.74 Å². The minimum Gasteiger partial charge on any atom is -0.462 e. The van der Waals surface area contributed by atoms with Crippen LogP contribution in [0, 0.1) is 5.92 Å². The third-order valence-corrected chi connectivity index (χ3v) is 4.17. The highest BCUT2D eigenvalue weighted by Gasteiger charge is 2.10. The fourth-order valence-electron chi connectivity index (χ4n) is 2.83. The molecule has 2 aromatic rings. The minimum absolute atomic E-state index is 0.207. The largest absolute Gasteiger partial charge is 0.462 e. The van der Waals surface area contributed by atoms with Crippen molar-refractivity contribution in [2.75, 3.05) is 6.61 Å². The zero-order chi connectivity index (χ0) is 16.5. The molecular weight excluding hydrogens is 284 g/mol. The van der Waals surface area contributed by atoms with Gasteiger partial charge in [-0.3, -0.25) is 0 Å². The van der Waals surface area contributed by atoms with Gasteiger partial charge in [0.1, 0.15) is 0 Å². The Morgan fingerprint density at radius 1 is 0.913 bits per heavy atom. The van der Waals surface area contributed by atoms with Crippen LogP contribution in [0.1, 0.15) is 62.7 Å². The Morgan fingerprint density at radius 3 is 2.43 bits per heavy atom. The lowest BCUT2D eigenvalue weighted by molar-refractivity contribution is 0.0500. The fourth-order valence-corrected chi connectivity index (χ4v) is 2.83. The molecule has 2 heteroatoms. The first-order valence-electron chi connectivity index (χ1n) is 8.83. The first-order valence-corrected chi connectivity index (χ1v) is 8.83. The smallest absolute Gasteiger partial charge is 0.338 e. The summed E-state index contributed by atoms with van der Waals surface area (Å²) in [5.41, 5.74) is 0.667. The molecule has 0 spiro atoms. The summed E-state index contributed by atoms with van der Waals surface area (Å²) in [4.78, 5) is 12.2. The van der Waals surface area contributed by atoms with Crippen molar-refractivity contribution >= 4 is 16.7 Å². The Bertz CT molecular complexity index is 611. The summed E-state index contributed by atoms with van der Waals surface area (Å²) in [5, 5.41) is 2.04. The fraction of sp³-hybridized carbons (Fsp3) is 0.476. The molecule has 0 N–H and O–H groups in total. The predicted octanol–water partition coefficient (Wildman–Crippen LogP) is 5.99. The van der Waals surface area contributed by atoms with Crippen molar-refractivity contribution in [2.24, 2.45) is 5.92 Å². The molecule has 0 amide bonds. The molecule has 2 rings (SSSR count). The highest BCUT2D eigenvalue weighted by Crippen LogP contribution is 2.19. The van der Waals surface area contributed by atoms with Crippen LogP contribution in [0.15, 0.2) is 42.5 Å². The van der Waals surface area contributed by atoms with E-state index in [0.717, 1.165) is 29.5 Å². The molecule has 0 radical (unpaired) electrons. The normalized spacial score (nSPS) is 11.1. The van der Waals surface area contributed by atoms with Gasteiger partial charge in [-0.05, 0) is 29.2 Å². The molecule has 0 heterocycles. The van der Waals surface area contributed by atoms with E-state index in [9.17, 15) is 4.79 Å². The number of carbonyl (C=O) groups is 1. The van der Waals surface area contributed by atoms with Crippen LogP contribution in [-0.4, -0.2) is 12.6 Å². The average Bonchev–Trinajstić information content (AvgIpc) is 2.56. The summed E-state index contributed by atoms with van der Waals surface area (Å²) >= 11 is 0. The Morgan fingerprint density at radius 2 is 1.61 bits per heavy atom. The van der Waals surface area contributed by atoms with Crippen molar-refractivity contribution in [3.63, 3.8) is 0 Å². The van der Waals surface area contributed by atoms with Crippen LogP contribution < -0.4 is 0 Å². The van der Waals surface area contributed by atoms with Crippen molar-refractivity contribution in [2.45, 2.75) is 52.4 Å². The van der Waals surface area contributed by atoms with Crippen molar-refractivity contribution in [3.8, 4) is 0 Å². The van der Waals surface area contributed by atoms with Gasteiger partial charge in [0, 0.05) is 0 Å². The molecule has 0 aliphatic heterocycles. The lowest BCUT2D eigenvalue weighted by atomic mass is 10.0. The van der Waals surface area contributed by atoms with Crippen molar-refractivity contribution in [1.82, 2.24) is 0 Å². The molecule has 0 aliphatic rings. The van der Waals surface area contributed by atoms with Gasteiger partial charge in [-0.15, -0.1) is 0 Å². The number of carbonyl (C=O) groups excluding carboxylic acids is 1. The van der Waals surface area contributed by atoms with Crippen LogP contribution >= 0.6 is 0 Å². The van der Waals surface area contributed by atoms with E-state index in [0.29, 0.717) is 12.2 Å². The Labute approximate surface area is 139 Å². The molecule has 0 aliphatic carbocycles.